The van der Waals surface area contributed by atoms with E-state index in [-0.39, 0.29) is 17.2 Å². The second-order valence-electron chi connectivity index (χ2n) is 10.2. The molecule has 2 N–H and O–H groups in total. The smallest absolute Gasteiger partial charge is 0.258 e. The van der Waals surface area contributed by atoms with Crippen LogP contribution < -0.4 is 10.6 Å². The van der Waals surface area contributed by atoms with E-state index >= 15 is 0 Å². The van der Waals surface area contributed by atoms with Crippen LogP contribution in [-0.2, 0) is 17.6 Å². The number of hydrogen-bond donors (Lipinski definition) is 2. The van der Waals surface area contributed by atoms with E-state index in [1.165, 1.54) is 4.88 Å². The van der Waals surface area contributed by atoms with Crippen LogP contribution >= 0.6 is 27.3 Å². The number of thiophene rings is 1. The summed E-state index contributed by atoms with van der Waals surface area (Å²) >= 11 is 5.06. The fourth-order valence-corrected chi connectivity index (χ4v) is 5.40. The first-order chi connectivity index (χ1) is 13.9. The number of hydrogen-bond acceptors (Lipinski definition) is 3. The molecule has 1 atom stereocenters. The summed E-state index contributed by atoms with van der Waals surface area (Å²) in [5.74, 6) is 0.315. The van der Waals surface area contributed by atoms with Crippen molar-refractivity contribution in [3.05, 3.63) is 44.7 Å². The van der Waals surface area contributed by atoms with Gasteiger partial charge in [-0.1, -0.05) is 53.7 Å². The SMILES string of the molecule is CC(C)(C)C(=O)Nc1sc2c(c1C(=O)Nc1ccccc1Br)CCC(C(C)(C)C)C2. The Morgan fingerprint density at radius 3 is 2.33 bits per heavy atom. The molecule has 6 heteroatoms. The highest BCUT2D eigenvalue weighted by molar-refractivity contribution is 9.10. The van der Waals surface area contributed by atoms with Crippen LogP contribution in [-0.4, -0.2) is 11.8 Å². The maximum absolute atomic E-state index is 13.4. The molecule has 0 aliphatic heterocycles. The third-order valence-corrected chi connectivity index (χ3v) is 7.61. The van der Waals surface area contributed by atoms with Gasteiger partial charge in [0.25, 0.3) is 5.91 Å². The van der Waals surface area contributed by atoms with Gasteiger partial charge in [-0.05, 0) is 64.2 Å². The van der Waals surface area contributed by atoms with Crippen molar-refractivity contribution in [1.29, 1.82) is 0 Å². The van der Waals surface area contributed by atoms with Crippen molar-refractivity contribution < 1.29 is 9.59 Å². The number of amides is 2. The van der Waals surface area contributed by atoms with Crippen molar-refractivity contribution in [1.82, 2.24) is 0 Å². The summed E-state index contributed by atoms with van der Waals surface area (Å²) in [5, 5.41) is 6.74. The Labute approximate surface area is 192 Å². The monoisotopic (exact) mass is 490 g/mol. The summed E-state index contributed by atoms with van der Waals surface area (Å²) in [4.78, 5) is 27.3. The largest absolute Gasteiger partial charge is 0.321 e. The second kappa shape index (κ2) is 8.46. The third-order valence-electron chi connectivity index (χ3n) is 5.75. The summed E-state index contributed by atoms with van der Waals surface area (Å²) in [6.07, 6.45) is 2.86. The van der Waals surface area contributed by atoms with Crippen molar-refractivity contribution >= 4 is 49.8 Å². The lowest BCUT2D eigenvalue weighted by atomic mass is 9.72. The van der Waals surface area contributed by atoms with Gasteiger partial charge in [0, 0.05) is 14.8 Å². The average molecular weight is 491 g/mol. The van der Waals surface area contributed by atoms with Gasteiger partial charge < -0.3 is 10.6 Å². The number of fused-ring (bicyclic) bond motifs is 1. The fraction of sp³-hybridized carbons (Fsp3) is 0.500. The zero-order valence-electron chi connectivity index (χ0n) is 18.6. The van der Waals surface area contributed by atoms with Crippen LogP contribution in [0.2, 0.25) is 0 Å². The van der Waals surface area contributed by atoms with Crippen LogP contribution in [0, 0.1) is 16.7 Å². The highest BCUT2D eigenvalue weighted by atomic mass is 79.9. The van der Waals surface area contributed by atoms with Gasteiger partial charge in [0.2, 0.25) is 5.91 Å². The van der Waals surface area contributed by atoms with E-state index in [0.717, 1.165) is 35.0 Å². The first-order valence-corrected chi connectivity index (χ1v) is 12.0. The molecular formula is C24H31BrN2O2S. The fourth-order valence-electron chi connectivity index (χ4n) is 3.69. The second-order valence-corrected chi connectivity index (χ2v) is 12.1. The van der Waals surface area contributed by atoms with Gasteiger partial charge in [-0.15, -0.1) is 11.3 Å². The maximum atomic E-state index is 13.4. The average Bonchev–Trinajstić information content (AvgIpc) is 2.99. The van der Waals surface area contributed by atoms with Gasteiger partial charge in [0.15, 0.2) is 0 Å². The van der Waals surface area contributed by atoms with E-state index in [1.807, 2.05) is 45.0 Å². The zero-order valence-corrected chi connectivity index (χ0v) is 21.0. The Morgan fingerprint density at radius 1 is 1.07 bits per heavy atom. The van der Waals surface area contributed by atoms with E-state index in [4.69, 9.17) is 0 Å². The van der Waals surface area contributed by atoms with Crippen LogP contribution in [0.1, 0.15) is 68.8 Å². The van der Waals surface area contributed by atoms with Gasteiger partial charge in [-0.25, -0.2) is 0 Å². The number of benzene rings is 1. The third kappa shape index (κ3) is 4.97. The lowest BCUT2D eigenvalue weighted by molar-refractivity contribution is -0.123. The standard InChI is InChI=1S/C24H31BrN2O2S/c1-23(2,3)14-11-12-15-18(13-14)30-21(27-22(29)24(4,5)6)19(15)20(28)26-17-10-8-7-9-16(17)25/h7-10,14H,11-13H2,1-6H3,(H,26,28)(H,27,29). The highest BCUT2D eigenvalue weighted by Crippen LogP contribution is 2.45. The molecule has 2 aromatic rings. The van der Waals surface area contributed by atoms with E-state index in [1.54, 1.807) is 11.3 Å². The number of para-hydroxylation sites is 1. The lowest BCUT2D eigenvalue weighted by Gasteiger charge is -2.33. The minimum Gasteiger partial charge on any atom is -0.321 e. The number of anilines is 2. The number of rotatable bonds is 3. The van der Waals surface area contributed by atoms with Gasteiger partial charge in [0.1, 0.15) is 5.00 Å². The molecule has 0 spiro atoms. The van der Waals surface area contributed by atoms with Crippen LogP contribution in [0.5, 0.6) is 0 Å². The van der Waals surface area contributed by atoms with Crippen LogP contribution in [0.25, 0.3) is 0 Å². The lowest BCUT2D eigenvalue weighted by Crippen LogP contribution is -2.29. The molecule has 0 saturated carbocycles. The zero-order chi connectivity index (χ0) is 22.3. The van der Waals surface area contributed by atoms with E-state index in [0.29, 0.717) is 16.5 Å². The summed E-state index contributed by atoms with van der Waals surface area (Å²) in [6.45, 7) is 12.5. The van der Waals surface area contributed by atoms with Crippen LogP contribution in [0.15, 0.2) is 28.7 Å². The Balaban J connectivity index is 1.99. The Bertz CT molecular complexity index is 967. The summed E-state index contributed by atoms with van der Waals surface area (Å²) in [5.41, 5.74) is 2.12. The summed E-state index contributed by atoms with van der Waals surface area (Å²) in [6, 6.07) is 7.56. The van der Waals surface area contributed by atoms with Gasteiger partial charge >= 0.3 is 0 Å². The molecule has 1 aliphatic rings. The van der Waals surface area contributed by atoms with Crippen molar-refractivity contribution in [2.45, 2.75) is 60.8 Å². The Hall–Kier alpha value is -1.66. The molecule has 1 aromatic heterocycles. The molecule has 4 nitrogen and oxygen atoms in total. The molecule has 0 fully saturated rings. The molecule has 3 rings (SSSR count). The Morgan fingerprint density at radius 2 is 1.73 bits per heavy atom. The molecule has 1 aliphatic carbocycles. The maximum Gasteiger partial charge on any atom is 0.258 e. The summed E-state index contributed by atoms with van der Waals surface area (Å²) < 4.78 is 0.829. The quantitative estimate of drug-likeness (QED) is 0.491. The normalized spacial score (nSPS) is 16.7. The Kier molecular flexibility index (Phi) is 6.49. The molecule has 162 valence electrons. The van der Waals surface area contributed by atoms with Crippen molar-refractivity contribution in [3.8, 4) is 0 Å². The molecule has 2 amide bonds. The molecule has 0 bridgehead atoms. The van der Waals surface area contributed by atoms with Gasteiger partial charge in [0.05, 0.1) is 11.3 Å². The van der Waals surface area contributed by atoms with Crippen molar-refractivity contribution in [3.63, 3.8) is 0 Å². The molecule has 0 radical (unpaired) electrons. The van der Waals surface area contributed by atoms with Crippen molar-refractivity contribution in [2.24, 2.45) is 16.7 Å². The molecule has 1 aromatic carbocycles. The molecule has 1 heterocycles. The number of nitrogens with one attached hydrogen (secondary N) is 2. The van der Waals surface area contributed by atoms with Crippen molar-refractivity contribution in [2.75, 3.05) is 10.6 Å². The van der Waals surface area contributed by atoms with Gasteiger partial charge in [-0.3, -0.25) is 9.59 Å². The van der Waals surface area contributed by atoms with Gasteiger partial charge in [-0.2, -0.15) is 0 Å². The predicted octanol–water partition coefficient (Wildman–Crippen LogP) is 6.90. The number of carbonyl (C=O) groups is 2. The topological polar surface area (TPSA) is 58.2 Å². The molecular weight excluding hydrogens is 460 g/mol. The number of carbonyl (C=O) groups excluding carboxylic acids is 2. The first-order valence-electron chi connectivity index (χ1n) is 10.4. The summed E-state index contributed by atoms with van der Waals surface area (Å²) in [7, 11) is 0. The van der Waals surface area contributed by atoms with Crippen LogP contribution in [0.3, 0.4) is 0 Å². The van der Waals surface area contributed by atoms with Crippen LogP contribution in [0.4, 0.5) is 10.7 Å². The minimum absolute atomic E-state index is 0.0802. The first kappa shape index (κ1) is 23.0. The molecule has 0 saturated heterocycles. The number of halogens is 1. The highest BCUT2D eigenvalue weighted by Gasteiger charge is 2.35. The van der Waals surface area contributed by atoms with E-state index in [9.17, 15) is 9.59 Å². The minimum atomic E-state index is -0.533. The predicted molar refractivity (Wildman–Crippen MR) is 129 cm³/mol. The molecule has 30 heavy (non-hydrogen) atoms. The van der Waals surface area contributed by atoms with E-state index in [2.05, 4.69) is 47.3 Å². The van der Waals surface area contributed by atoms with E-state index < -0.39 is 5.41 Å². The molecule has 1 unspecified atom stereocenters.